The van der Waals surface area contributed by atoms with Gasteiger partial charge in [0.25, 0.3) is 5.91 Å². The second-order valence-corrected chi connectivity index (χ2v) is 6.03. The third-order valence-electron chi connectivity index (χ3n) is 4.01. The summed E-state index contributed by atoms with van der Waals surface area (Å²) >= 11 is 6.10. The number of ether oxygens (including phenoxy) is 2. The van der Waals surface area contributed by atoms with Crippen molar-refractivity contribution in [2.75, 3.05) is 19.5 Å². The fraction of sp³-hybridized carbons (Fsp3) is 0.158. The molecule has 0 radical (unpaired) electrons. The van der Waals surface area contributed by atoms with Gasteiger partial charge in [-0.05, 0) is 36.4 Å². The Morgan fingerprint density at radius 1 is 1.08 bits per heavy atom. The van der Waals surface area contributed by atoms with Crippen molar-refractivity contribution in [2.45, 2.75) is 6.92 Å². The van der Waals surface area contributed by atoms with Crippen LogP contribution in [0.25, 0.3) is 10.9 Å². The third-order valence-corrected chi connectivity index (χ3v) is 4.30. The Morgan fingerprint density at radius 2 is 1.85 bits per heavy atom. The van der Waals surface area contributed by atoms with Gasteiger partial charge < -0.3 is 14.8 Å². The molecular formula is C19H17ClN2O4. The van der Waals surface area contributed by atoms with Crippen LogP contribution in [0.2, 0.25) is 5.02 Å². The molecule has 0 bridgehead atoms. The highest BCUT2D eigenvalue weighted by Gasteiger charge is 2.18. The molecule has 3 aromatic rings. The number of rotatable bonds is 4. The summed E-state index contributed by atoms with van der Waals surface area (Å²) in [6, 6.07) is 10.2. The lowest BCUT2D eigenvalue weighted by Crippen LogP contribution is -2.12. The van der Waals surface area contributed by atoms with Crippen molar-refractivity contribution in [3.8, 4) is 11.5 Å². The minimum Gasteiger partial charge on any atom is -0.497 e. The molecule has 0 saturated carbocycles. The van der Waals surface area contributed by atoms with Gasteiger partial charge in [-0.25, -0.2) is 0 Å². The summed E-state index contributed by atoms with van der Waals surface area (Å²) in [5.74, 6) is 0.569. The predicted octanol–water partition coefficient (Wildman–Crippen LogP) is 4.22. The number of methoxy groups -OCH3 is 2. The standard InChI is InChI=1S/C19H17ClN2O4/c1-11(23)22-10-15(14-9-13(25-2)5-6-17(14)22)19(24)21-12-4-7-18(26-3)16(20)8-12/h4-10H,1-3H3,(H,21,24). The fourth-order valence-electron chi connectivity index (χ4n) is 2.72. The summed E-state index contributed by atoms with van der Waals surface area (Å²) in [6.45, 7) is 1.44. The molecule has 1 aromatic heterocycles. The Balaban J connectivity index is 2.02. The largest absolute Gasteiger partial charge is 0.497 e. The van der Waals surface area contributed by atoms with Crippen LogP contribution in [0.3, 0.4) is 0 Å². The normalized spacial score (nSPS) is 10.6. The molecule has 3 rings (SSSR count). The minimum absolute atomic E-state index is 0.188. The molecule has 0 aliphatic carbocycles. The Bertz CT molecular complexity index is 1010. The van der Waals surface area contributed by atoms with E-state index in [1.807, 2.05) is 0 Å². The SMILES string of the molecule is COc1ccc2c(c1)c(C(=O)Nc1ccc(OC)c(Cl)c1)cn2C(C)=O. The molecule has 1 amide bonds. The zero-order chi connectivity index (χ0) is 18.8. The third kappa shape index (κ3) is 3.23. The highest BCUT2D eigenvalue weighted by atomic mass is 35.5. The second kappa shape index (κ2) is 7.09. The topological polar surface area (TPSA) is 69.6 Å². The molecule has 1 N–H and O–H groups in total. The van der Waals surface area contributed by atoms with Crippen LogP contribution < -0.4 is 14.8 Å². The number of anilines is 1. The van der Waals surface area contributed by atoms with Gasteiger partial charge in [0.15, 0.2) is 0 Å². The molecule has 0 fully saturated rings. The number of halogens is 1. The summed E-state index contributed by atoms with van der Waals surface area (Å²) in [5, 5.41) is 3.80. The summed E-state index contributed by atoms with van der Waals surface area (Å²) in [5.41, 5.74) is 1.52. The Labute approximate surface area is 155 Å². The van der Waals surface area contributed by atoms with E-state index in [1.54, 1.807) is 43.5 Å². The van der Waals surface area contributed by atoms with Gasteiger partial charge in [-0.15, -0.1) is 0 Å². The van der Waals surface area contributed by atoms with Crippen LogP contribution in [0.15, 0.2) is 42.6 Å². The molecule has 26 heavy (non-hydrogen) atoms. The van der Waals surface area contributed by atoms with Crippen molar-refractivity contribution in [2.24, 2.45) is 0 Å². The fourth-order valence-corrected chi connectivity index (χ4v) is 2.98. The van der Waals surface area contributed by atoms with Gasteiger partial charge in [0.2, 0.25) is 5.91 Å². The van der Waals surface area contributed by atoms with Crippen molar-refractivity contribution in [1.29, 1.82) is 0 Å². The van der Waals surface area contributed by atoms with Crippen LogP contribution in [-0.4, -0.2) is 30.6 Å². The van der Waals surface area contributed by atoms with E-state index in [0.29, 0.717) is 38.7 Å². The summed E-state index contributed by atoms with van der Waals surface area (Å²) in [4.78, 5) is 24.7. The zero-order valence-corrected chi connectivity index (χ0v) is 15.3. The average Bonchev–Trinajstić information content (AvgIpc) is 3.01. The van der Waals surface area contributed by atoms with E-state index in [-0.39, 0.29) is 11.8 Å². The van der Waals surface area contributed by atoms with E-state index in [9.17, 15) is 9.59 Å². The van der Waals surface area contributed by atoms with Crippen LogP contribution in [0.5, 0.6) is 11.5 Å². The van der Waals surface area contributed by atoms with Crippen LogP contribution in [0, 0.1) is 0 Å². The van der Waals surface area contributed by atoms with Gasteiger partial charge in [0.05, 0.1) is 30.3 Å². The van der Waals surface area contributed by atoms with Crippen molar-refractivity contribution in [1.82, 2.24) is 4.57 Å². The summed E-state index contributed by atoms with van der Waals surface area (Å²) < 4.78 is 11.8. The molecule has 1 heterocycles. The smallest absolute Gasteiger partial charge is 0.257 e. The number of benzene rings is 2. The number of carbonyl (C=O) groups is 2. The molecule has 0 aliphatic heterocycles. The number of fused-ring (bicyclic) bond motifs is 1. The molecular weight excluding hydrogens is 356 g/mol. The maximum Gasteiger partial charge on any atom is 0.257 e. The maximum absolute atomic E-state index is 12.8. The van der Waals surface area contributed by atoms with Gasteiger partial charge in [-0.2, -0.15) is 0 Å². The van der Waals surface area contributed by atoms with E-state index < -0.39 is 0 Å². The maximum atomic E-state index is 12.8. The van der Waals surface area contributed by atoms with Crippen LogP contribution in [0.4, 0.5) is 5.69 Å². The van der Waals surface area contributed by atoms with Gasteiger partial charge in [-0.1, -0.05) is 11.6 Å². The molecule has 134 valence electrons. The minimum atomic E-state index is -0.357. The molecule has 0 spiro atoms. The molecule has 0 saturated heterocycles. The number of aromatic nitrogens is 1. The predicted molar refractivity (Wildman–Crippen MR) is 101 cm³/mol. The van der Waals surface area contributed by atoms with E-state index in [0.717, 1.165) is 0 Å². The van der Waals surface area contributed by atoms with Crippen molar-refractivity contribution >= 4 is 40.0 Å². The number of amides is 1. The van der Waals surface area contributed by atoms with Gasteiger partial charge >= 0.3 is 0 Å². The van der Waals surface area contributed by atoms with Gasteiger partial charge in [0.1, 0.15) is 11.5 Å². The van der Waals surface area contributed by atoms with Crippen molar-refractivity contribution in [3.63, 3.8) is 0 Å². The molecule has 2 aromatic carbocycles. The lowest BCUT2D eigenvalue weighted by molar-refractivity contribution is 0.0941. The summed E-state index contributed by atoms with van der Waals surface area (Å²) in [6.07, 6.45) is 1.52. The van der Waals surface area contributed by atoms with E-state index >= 15 is 0 Å². The molecule has 0 unspecified atom stereocenters. The first-order chi connectivity index (χ1) is 12.4. The lowest BCUT2D eigenvalue weighted by Gasteiger charge is -2.08. The first-order valence-corrected chi connectivity index (χ1v) is 8.17. The number of nitrogens with zero attached hydrogens (tertiary/aromatic N) is 1. The highest BCUT2D eigenvalue weighted by molar-refractivity contribution is 6.32. The van der Waals surface area contributed by atoms with Crippen LogP contribution in [-0.2, 0) is 0 Å². The van der Waals surface area contributed by atoms with E-state index in [2.05, 4.69) is 5.32 Å². The first-order valence-electron chi connectivity index (χ1n) is 7.79. The number of nitrogens with one attached hydrogen (secondary N) is 1. The van der Waals surface area contributed by atoms with E-state index in [1.165, 1.54) is 24.8 Å². The second-order valence-electron chi connectivity index (χ2n) is 5.62. The lowest BCUT2D eigenvalue weighted by atomic mass is 10.1. The van der Waals surface area contributed by atoms with Crippen molar-refractivity contribution < 1.29 is 19.1 Å². The van der Waals surface area contributed by atoms with Crippen LogP contribution in [0.1, 0.15) is 22.1 Å². The monoisotopic (exact) mass is 372 g/mol. The average molecular weight is 373 g/mol. The molecule has 0 aliphatic rings. The first kappa shape index (κ1) is 17.8. The van der Waals surface area contributed by atoms with Crippen molar-refractivity contribution in [3.05, 3.63) is 53.2 Å². The molecule has 6 nitrogen and oxygen atoms in total. The van der Waals surface area contributed by atoms with Gasteiger partial charge in [0, 0.05) is 24.2 Å². The van der Waals surface area contributed by atoms with Gasteiger partial charge in [-0.3, -0.25) is 14.2 Å². The van der Waals surface area contributed by atoms with E-state index in [4.69, 9.17) is 21.1 Å². The Morgan fingerprint density at radius 3 is 2.46 bits per heavy atom. The number of hydrogen-bond acceptors (Lipinski definition) is 4. The molecule has 0 atom stereocenters. The summed E-state index contributed by atoms with van der Waals surface area (Å²) in [7, 11) is 3.06. The number of carbonyl (C=O) groups excluding carboxylic acids is 2. The quantitative estimate of drug-likeness (QED) is 0.744. The Kier molecular flexibility index (Phi) is 4.86. The Hall–Kier alpha value is -2.99. The molecule has 7 heteroatoms. The van der Waals surface area contributed by atoms with Crippen LogP contribution >= 0.6 is 11.6 Å². The number of hydrogen-bond donors (Lipinski definition) is 1. The highest BCUT2D eigenvalue weighted by Crippen LogP contribution is 2.29. The zero-order valence-electron chi connectivity index (χ0n) is 14.5.